The maximum Gasteiger partial charge on any atom is 0.264 e. The maximum atomic E-state index is 13.1. The Morgan fingerprint density at radius 3 is 2.38 bits per heavy atom. The monoisotopic (exact) mass is 430 g/mol. The van der Waals surface area contributed by atoms with E-state index < -0.39 is 21.7 Å². The first-order chi connectivity index (χ1) is 13.8. The molecule has 0 aromatic heterocycles. The largest absolute Gasteiger partial charge is 0.321 e. The van der Waals surface area contributed by atoms with Crippen molar-refractivity contribution in [1.29, 1.82) is 0 Å². The van der Waals surface area contributed by atoms with Gasteiger partial charge in [0, 0.05) is 17.5 Å². The minimum atomic E-state index is -3.92. The molecule has 0 spiro atoms. The second kappa shape index (κ2) is 8.67. The highest BCUT2D eigenvalue weighted by atomic mass is 32.2. The van der Waals surface area contributed by atoms with Crippen molar-refractivity contribution in [3.63, 3.8) is 0 Å². The lowest BCUT2D eigenvalue weighted by Crippen LogP contribution is -2.27. The number of para-hydroxylation sites is 1. The van der Waals surface area contributed by atoms with Gasteiger partial charge in [0.2, 0.25) is 0 Å². The molecule has 5 nitrogen and oxygen atoms in total. The molecule has 0 atom stereocenters. The lowest BCUT2D eigenvalue weighted by atomic mass is 10.2. The van der Waals surface area contributed by atoms with Crippen LogP contribution in [-0.2, 0) is 10.0 Å². The predicted octanol–water partition coefficient (Wildman–Crippen LogP) is 4.63. The molecule has 3 rings (SSSR count). The van der Waals surface area contributed by atoms with E-state index in [2.05, 4.69) is 5.32 Å². The number of halogens is 1. The van der Waals surface area contributed by atoms with Crippen LogP contribution in [0.3, 0.4) is 0 Å². The Balaban J connectivity index is 1.88. The third-order valence-electron chi connectivity index (χ3n) is 4.30. The summed E-state index contributed by atoms with van der Waals surface area (Å²) in [6.45, 7) is 0. The number of anilines is 2. The number of hydrogen-bond acceptors (Lipinski definition) is 4. The maximum absolute atomic E-state index is 13.1. The summed E-state index contributed by atoms with van der Waals surface area (Å²) in [5.74, 6) is -0.864. The highest BCUT2D eigenvalue weighted by Gasteiger charge is 2.22. The van der Waals surface area contributed by atoms with E-state index in [1.165, 1.54) is 61.3 Å². The minimum absolute atomic E-state index is 0.0323. The van der Waals surface area contributed by atoms with Crippen LogP contribution < -0.4 is 9.62 Å². The molecule has 29 heavy (non-hydrogen) atoms. The van der Waals surface area contributed by atoms with Crippen molar-refractivity contribution in [2.24, 2.45) is 0 Å². The van der Waals surface area contributed by atoms with Crippen molar-refractivity contribution < 1.29 is 17.6 Å². The van der Waals surface area contributed by atoms with Crippen LogP contribution in [-0.4, -0.2) is 27.6 Å². The fraction of sp³-hybridized carbons (Fsp3) is 0.0952. The van der Waals surface area contributed by atoms with Gasteiger partial charge in [-0.2, -0.15) is 0 Å². The summed E-state index contributed by atoms with van der Waals surface area (Å²) in [4.78, 5) is 13.5. The second-order valence-electron chi connectivity index (χ2n) is 6.13. The molecule has 0 radical (unpaired) electrons. The molecule has 0 saturated heterocycles. The minimum Gasteiger partial charge on any atom is -0.321 e. The molecule has 8 heteroatoms. The highest BCUT2D eigenvalue weighted by molar-refractivity contribution is 7.98. The molecule has 0 unspecified atom stereocenters. The Hall–Kier alpha value is -2.84. The zero-order chi connectivity index (χ0) is 21.0. The number of nitrogens with zero attached hydrogens (tertiary/aromatic N) is 1. The Bertz CT molecular complexity index is 1130. The van der Waals surface area contributed by atoms with Crippen LogP contribution in [0.1, 0.15) is 10.4 Å². The van der Waals surface area contributed by atoms with Crippen LogP contribution in [0.25, 0.3) is 0 Å². The lowest BCUT2D eigenvalue weighted by molar-refractivity contribution is 0.102. The first kappa shape index (κ1) is 20.9. The fourth-order valence-corrected chi connectivity index (χ4v) is 4.48. The molecule has 0 aliphatic heterocycles. The summed E-state index contributed by atoms with van der Waals surface area (Å²) in [5.41, 5.74) is 1.19. The third-order valence-corrected chi connectivity index (χ3v) is 6.88. The number of sulfonamides is 1. The van der Waals surface area contributed by atoms with E-state index in [1.807, 2.05) is 24.5 Å². The van der Waals surface area contributed by atoms with Crippen molar-refractivity contribution in [3.8, 4) is 0 Å². The van der Waals surface area contributed by atoms with Crippen LogP contribution in [0.2, 0.25) is 0 Å². The summed E-state index contributed by atoms with van der Waals surface area (Å²) >= 11 is 1.50. The van der Waals surface area contributed by atoms with Gasteiger partial charge in [0.15, 0.2) is 0 Å². The van der Waals surface area contributed by atoms with E-state index in [0.717, 1.165) is 9.20 Å². The molecule has 3 aromatic rings. The summed E-state index contributed by atoms with van der Waals surface area (Å²) in [7, 11) is -2.54. The van der Waals surface area contributed by atoms with Gasteiger partial charge in [-0.25, -0.2) is 12.8 Å². The number of thioether (sulfide) groups is 1. The van der Waals surface area contributed by atoms with Crippen LogP contribution in [0.15, 0.2) is 82.6 Å². The normalized spacial score (nSPS) is 11.1. The average molecular weight is 431 g/mol. The second-order valence-corrected chi connectivity index (χ2v) is 8.95. The Labute approximate surface area is 173 Å². The summed E-state index contributed by atoms with van der Waals surface area (Å²) < 4.78 is 40.1. The van der Waals surface area contributed by atoms with Crippen LogP contribution in [0.4, 0.5) is 15.8 Å². The van der Waals surface area contributed by atoms with Crippen molar-refractivity contribution in [2.45, 2.75) is 9.79 Å². The van der Waals surface area contributed by atoms with E-state index in [4.69, 9.17) is 0 Å². The van der Waals surface area contributed by atoms with Gasteiger partial charge in [-0.05, 0) is 60.9 Å². The van der Waals surface area contributed by atoms with Crippen LogP contribution in [0.5, 0.6) is 0 Å². The Kier molecular flexibility index (Phi) is 6.24. The number of nitrogens with one attached hydrogen (secondary N) is 1. The van der Waals surface area contributed by atoms with E-state index in [1.54, 1.807) is 12.1 Å². The average Bonchev–Trinajstić information content (AvgIpc) is 2.74. The summed E-state index contributed by atoms with van der Waals surface area (Å²) in [6.07, 6.45) is 1.91. The van der Waals surface area contributed by atoms with Gasteiger partial charge in [0.05, 0.1) is 16.3 Å². The molecule has 0 fully saturated rings. The number of carbonyl (C=O) groups excluding carboxylic acids is 1. The molecule has 0 aliphatic rings. The molecule has 1 amide bonds. The first-order valence-corrected chi connectivity index (χ1v) is 11.3. The Morgan fingerprint density at radius 2 is 1.69 bits per heavy atom. The number of rotatable bonds is 6. The standard InChI is InChI=1S/C21H19FN2O3S2/c1-24(17-12-10-16(22)11-13-17)29(26,27)18-7-5-6-15(14-18)21(25)23-19-8-3-4-9-20(19)28-2/h3-14H,1-2H3,(H,23,25). The number of carbonyl (C=O) groups is 1. The zero-order valence-corrected chi connectivity index (χ0v) is 17.4. The van der Waals surface area contributed by atoms with Crippen molar-refractivity contribution in [1.82, 2.24) is 0 Å². The highest BCUT2D eigenvalue weighted by Crippen LogP contribution is 2.26. The van der Waals surface area contributed by atoms with Gasteiger partial charge in [0.1, 0.15) is 5.82 Å². The van der Waals surface area contributed by atoms with Gasteiger partial charge < -0.3 is 5.32 Å². The van der Waals surface area contributed by atoms with E-state index in [9.17, 15) is 17.6 Å². The molecular weight excluding hydrogens is 411 g/mol. The van der Waals surface area contributed by atoms with E-state index >= 15 is 0 Å². The molecule has 1 N–H and O–H groups in total. The van der Waals surface area contributed by atoms with E-state index in [0.29, 0.717) is 11.4 Å². The van der Waals surface area contributed by atoms with Gasteiger partial charge in [-0.15, -0.1) is 11.8 Å². The Morgan fingerprint density at radius 1 is 1.00 bits per heavy atom. The van der Waals surface area contributed by atoms with Gasteiger partial charge in [-0.1, -0.05) is 18.2 Å². The van der Waals surface area contributed by atoms with Crippen LogP contribution >= 0.6 is 11.8 Å². The zero-order valence-electron chi connectivity index (χ0n) is 15.8. The van der Waals surface area contributed by atoms with Crippen molar-refractivity contribution in [3.05, 3.63) is 84.2 Å². The third kappa shape index (κ3) is 4.60. The molecule has 3 aromatic carbocycles. The molecule has 150 valence electrons. The number of amides is 1. The summed E-state index contributed by atoms with van der Waals surface area (Å²) in [6, 6.07) is 18.3. The SMILES string of the molecule is CSc1ccccc1NC(=O)c1cccc(S(=O)(=O)N(C)c2ccc(F)cc2)c1. The van der Waals surface area contributed by atoms with E-state index in [-0.39, 0.29) is 10.5 Å². The van der Waals surface area contributed by atoms with Gasteiger partial charge in [-0.3, -0.25) is 9.10 Å². The summed E-state index contributed by atoms with van der Waals surface area (Å²) in [5, 5.41) is 2.81. The lowest BCUT2D eigenvalue weighted by Gasteiger charge is -2.20. The molecule has 0 saturated carbocycles. The molecule has 0 heterocycles. The van der Waals surface area contributed by atoms with Crippen molar-refractivity contribution in [2.75, 3.05) is 22.9 Å². The molecular formula is C21H19FN2O3S2. The topological polar surface area (TPSA) is 66.5 Å². The predicted molar refractivity (Wildman–Crippen MR) is 115 cm³/mol. The number of benzene rings is 3. The molecule has 0 bridgehead atoms. The van der Waals surface area contributed by atoms with Crippen LogP contribution in [0, 0.1) is 5.82 Å². The van der Waals surface area contributed by atoms with Gasteiger partial charge >= 0.3 is 0 Å². The molecule has 0 aliphatic carbocycles. The quantitative estimate of drug-likeness (QED) is 0.579. The van der Waals surface area contributed by atoms with Gasteiger partial charge in [0.25, 0.3) is 15.9 Å². The first-order valence-electron chi connectivity index (χ1n) is 8.62. The smallest absolute Gasteiger partial charge is 0.264 e. The van der Waals surface area contributed by atoms with Crippen molar-refractivity contribution >= 4 is 39.1 Å². The fourth-order valence-electron chi connectivity index (χ4n) is 2.69. The number of hydrogen-bond donors (Lipinski definition) is 1.